The highest BCUT2D eigenvalue weighted by Gasteiger charge is 2.18. The highest BCUT2D eigenvalue weighted by atomic mass is 35.5. The van der Waals surface area contributed by atoms with Crippen molar-refractivity contribution >= 4 is 28.2 Å². The fraction of sp³-hybridized carbons (Fsp3) is 0.438. The first kappa shape index (κ1) is 14.9. The second-order valence-corrected chi connectivity index (χ2v) is 5.27. The van der Waals surface area contributed by atoms with E-state index in [4.69, 9.17) is 11.6 Å². The van der Waals surface area contributed by atoms with Crippen molar-refractivity contribution in [1.82, 2.24) is 4.98 Å². The van der Waals surface area contributed by atoms with Crippen LogP contribution in [0.1, 0.15) is 26.7 Å². The summed E-state index contributed by atoms with van der Waals surface area (Å²) in [5.74, 6) is 1.74. The van der Waals surface area contributed by atoms with Gasteiger partial charge in [-0.2, -0.15) is 0 Å². The van der Waals surface area contributed by atoms with Gasteiger partial charge in [0.05, 0.1) is 0 Å². The second-order valence-electron chi connectivity index (χ2n) is 4.89. The van der Waals surface area contributed by atoms with E-state index in [0.717, 1.165) is 36.0 Å². The van der Waals surface area contributed by atoms with Crippen LogP contribution in [0.25, 0.3) is 10.8 Å². The van der Waals surface area contributed by atoms with Gasteiger partial charge in [-0.1, -0.05) is 19.9 Å². The quantitative estimate of drug-likeness (QED) is 0.812. The van der Waals surface area contributed by atoms with Gasteiger partial charge in [0.25, 0.3) is 0 Å². The van der Waals surface area contributed by atoms with Crippen LogP contribution in [-0.2, 0) is 0 Å². The van der Waals surface area contributed by atoms with E-state index in [0.29, 0.717) is 11.9 Å². The molecule has 1 aromatic carbocycles. The van der Waals surface area contributed by atoms with Crippen molar-refractivity contribution in [3.8, 4) is 5.75 Å². The van der Waals surface area contributed by atoms with E-state index in [1.54, 1.807) is 12.1 Å². The number of fused-ring (bicyclic) bond motifs is 1. The van der Waals surface area contributed by atoms with Crippen LogP contribution in [0.2, 0.25) is 0 Å². The maximum absolute atomic E-state index is 9.75. The highest BCUT2D eigenvalue weighted by Crippen LogP contribution is 2.29. The number of hydrogen-bond donors (Lipinski definition) is 1. The van der Waals surface area contributed by atoms with Gasteiger partial charge in [0.2, 0.25) is 0 Å². The predicted octanol–water partition coefficient (Wildman–Crippen LogP) is 4.17. The van der Waals surface area contributed by atoms with Crippen molar-refractivity contribution in [3.63, 3.8) is 0 Å². The Balaban J connectivity index is 2.54. The standard InChI is InChI=1S/C16H21ClN2O/c1-3-13(4-2)19(10-8-17)16-15-11-14(20)6-5-12(15)7-9-18-16/h5-7,9,11,13,20H,3-4,8,10H2,1-2H3. The van der Waals surface area contributed by atoms with E-state index in [1.165, 1.54) is 0 Å². The monoisotopic (exact) mass is 292 g/mol. The van der Waals surface area contributed by atoms with E-state index in [2.05, 4.69) is 23.7 Å². The molecule has 0 amide bonds. The molecule has 1 aromatic heterocycles. The normalized spacial score (nSPS) is 11.2. The van der Waals surface area contributed by atoms with Gasteiger partial charge < -0.3 is 10.0 Å². The third kappa shape index (κ3) is 2.98. The average molecular weight is 293 g/mol. The molecule has 3 nitrogen and oxygen atoms in total. The van der Waals surface area contributed by atoms with E-state index < -0.39 is 0 Å². The number of aromatic nitrogens is 1. The summed E-state index contributed by atoms with van der Waals surface area (Å²) in [6, 6.07) is 7.77. The zero-order valence-electron chi connectivity index (χ0n) is 12.0. The van der Waals surface area contributed by atoms with E-state index in [1.807, 2.05) is 18.3 Å². The summed E-state index contributed by atoms with van der Waals surface area (Å²) in [6.45, 7) is 5.12. The van der Waals surface area contributed by atoms with Gasteiger partial charge in [-0.3, -0.25) is 0 Å². The number of aromatic hydroxyl groups is 1. The smallest absolute Gasteiger partial charge is 0.136 e. The third-order valence-corrected chi connectivity index (χ3v) is 3.88. The summed E-state index contributed by atoms with van der Waals surface area (Å²) in [4.78, 5) is 6.80. The Hall–Kier alpha value is -1.48. The lowest BCUT2D eigenvalue weighted by Crippen LogP contribution is -2.36. The lowest BCUT2D eigenvalue weighted by molar-refractivity contribution is 0.476. The number of phenolic OH excluding ortho intramolecular Hbond substituents is 1. The minimum absolute atomic E-state index is 0.266. The average Bonchev–Trinajstić information content (AvgIpc) is 2.47. The largest absolute Gasteiger partial charge is 0.508 e. The predicted molar refractivity (Wildman–Crippen MR) is 85.8 cm³/mol. The lowest BCUT2D eigenvalue weighted by atomic mass is 10.1. The van der Waals surface area contributed by atoms with Crippen molar-refractivity contribution in [2.24, 2.45) is 0 Å². The molecule has 1 N–H and O–H groups in total. The van der Waals surface area contributed by atoms with Gasteiger partial charge in [-0.25, -0.2) is 4.98 Å². The molecular formula is C16H21ClN2O. The van der Waals surface area contributed by atoms with Crippen molar-refractivity contribution in [1.29, 1.82) is 0 Å². The van der Waals surface area contributed by atoms with Crippen LogP contribution in [0.15, 0.2) is 30.5 Å². The maximum Gasteiger partial charge on any atom is 0.136 e. The Morgan fingerprint density at radius 1 is 1.25 bits per heavy atom. The molecule has 0 aliphatic heterocycles. The zero-order valence-corrected chi connectivity index (χ0v) is 12.8. The Kier molecular flexibility index (Phi) is 5.07. The molecule has 0 bridgehead atoms. The summed E-state index contributed by atoms with van der Waals surface area (Å²) in [5, 5.41) is 11.8. The molecule has 1 heterocycles. The van der Waals surface area contributed by atoms with E-state index in [9.17, 15) is 5.11 Å². The van der Waals surface area contributed by atoms with Gasteiger partial charge in [0, 0.05) is 30.0 Å². The molecule has 2 aromatic rings. The molecule has 0 saturated carbocycles. The fourth-order valence-electron chi connectivity index (χ4n) is 2.65. The van der Waals surface area contributed by atoms with Crippen molar-refractivity contribution in [2.45, 2.75) is 32.7 Å². The molecule has 0 saturated heterocycles. The summed E-state index contributed by atoms with van der Waals surface area (Å²) >= 11 is 5.97. The molecular weight excluding hydrogens is 272 g/mol. The van der Waals surface area contributed by atoms with Crippen molar-refractivity contribution in [2.75, 3.05) is 17.3 Å². The molecule has 20 heavy (non-hydrogen) atoms. The molecule has 0 fully saturated rings. The summed E-state index contributed by atoms with van der Waals surface area (Å²) in [6.07, 6.45) is 3.91. The van der Waals surface area contributed by atoms with Crippen molar-refractivity contribution < 1.29 is 5.11 Å². The first-order valence-corrected chi connectivity index (χ1v) is 7.65. The molecule has 0 aliphatic carbocycles. The van der Waals surface area contributed by atoms with Crippen LogP contribution in [0.3, 0.4) is 0 Å². The number of anilines is 1. The summed E-state index contributed by atoms with van der Waals surface area (Å²) in [7, 11) is 0. The van der Waals surface area contributed by atoms with Crippen LogP contribution in [0, 0.1) is 0 Å². The SMILES string of the molecule is CCC(CC)N(CCCl)c1nccc2ccc(O)cc12. The van der Waals surface area contributed by atoms with Crippen LogP contribution < -0.4 is 4.90 Å². The van der Waals surface area contributed by atoms with Crippen LogP contribution >= 0.6 is 11.6 Å². The van der Waals surface area contributed by atoms with Crippen LogP contribution in [0.5, 0.6) is 5.75 Å². The third-order valence-electron chi connectivity index (χ3n) is 3.71. The number of halogens is 1. The summed E-state index contributed by atoms with van der Waals surface area (Å²) < 4.78 is 0. The van der Waals surface area contributed by atoms with Gasteiger partial charge >= 0.3 is 0 Å². The molecule has 2 rings (SSSR count). The van der Waals surface area contributed by atoms with E-state index >= 15 is 0 Å². The highest BCUT2D eigenvalue weighted by molar-refractivity contribution is 6.18. The number of phenols is 1. The minimum atomic E-state index is 0.266. The van der Waals surface area contributed by atoms with Gasteiger partial charge in [0.1, 0.15) is 11.6 Å². The Bertz CT molecular complexity index is 569. The number of hydrogen-bond acceptors (Lipinski definition) is 3. The fourth-order valence-corrected chi connectivity index (χ4v) is 2.83. The molecule has 0 unspecified atom stereocenters. The molecule has 4 heteroatoms. The number of rotatable bonds is 6. The Morgan fingerprint density at radius 3 is 2.65 bits per heavy atom. The molecule has 0 spiro atoms. The van der Waals surface area contributed by atoms with Crippen molar-refractivity contribution in [3.05, 3.63) is 30.5 Å². The minimum Gasteiger partial charge on any atom is -0.508 e. The zero-order chi connectivity index (χ0) is 14.5. The maximum atomic E-state index is 9.75. The molecule has 0 aliphatic rings. The number of nitrogens with zero attached hydrogens (tertiary/aromatic N) is 2. The topological polar surface area (TPSA) is 36.4 Å². The van der Waals surface area contributed by atoms with Crippen LogP contribution in [0.4, 0.5) is 5.82 Å². The number of pyridine rings is 1. The van der Waals surface area contributed by atoms with Crippen LogP contribution in [-0.4, -0.2) is 28.6 Å². The molecule has 0 radical (unpaired) electrons. The number of alkyl halides is 1. The Labute approximate surface area is 125 Å². The van der Waals surface area contributed by atoms with E-state index in [-0.39, 0.29) is 5.75 Å². The van der Waals surface area contributed by atoms with Gasteiger partial charge in [0.15, 0.2) is 0 Å². The lowest BCUT2D eigenvalue weighted by Gasteiger charge is -2.32. The van der Waals surface area contributed by atoms with Gasteiger partial charge in [-0.15, -0.1) is 11.6 Å². The first-order valence-electron chi connectivity index (χ1n) is 7.11. The second kappa shape index (κ2) is 6.80. The Morgan fingerprint density at radius 2 is 2.00 bits per heavy atom. The molecule has 108 valence electrons. The van der Waals surface area contributed by atoms with Gasteiger partial charge in [-0.05, 0) is 36.4 Å². The summed E-state index contributed by atoms with van der Waals surface area (Å²) in [5.41, 5.74) is 0. The molecule has 0 atom stereocenters. The number of benzene rings is 1. The first-order chi connectivity index (χ1) is 9.71.